The Hall–Kier alpha value is -2.15. The second-order valence-electron chi connectivity index (χ2n) is 8.27. The Balaban J connectivity index is 1.99. The van der Waals surface area contributed by atoms with E-state index < -0.39 is 6.04 Å². The van der Waals surface area contributed by atoms with Gasteiger partial charge in [-0.3, -0.25) is 14.5 Å². The number of nitrogens with two attached hydrogens (primary N) is 1. The fourth-order valence-corrected chi connectivity index (χ4v) is 3.88. The third kappa shape index (κ3) is 7.65. The first-order chi connectivity index (χ1) is 13.9. The van der Waals surface area contributed by atoms with E-state index in [1.807, 2.05) is 24.9 Å². The minimum absolute atomic E-state index is 0.0916. The average molecular weight is 404 g/mol. The highest BCUT2D eigenvalue weighted by Gasteiger charge is 2.28. The Morgan fingerprint density at radius 2 is 1.97 bits per heavy atom. The predicted octanol–water partition coefficient (Wildman–Crippen LogP) is 2.47. The van der Waals surface area contributed by atoms with Gasteiger partial charge in [0, 0.05) is 12.7 Å². The molecule has 162 valence electrons. The van der Waals surface area contributed by atoms with E-state index in [2.05, 4.69) is 22.5 Å². The van der Waals surface area contributed by atoms with Crippen LogP contribution in [0.25, 0.3) is 0 Å². The number of hydrogen-bond donors (Lipinski definition) is 3. The monoisotopic (exact) mass is 403 g/mol. The van der Waals surface area contributed by atoms with Gasteiger partial charge in [0.1, 0.15) is 11.9 Å². The van der Waals surface area contributed by atoms with Crippen LogP contribution in [0, 0.1) is 5.92 Å². The minimum Gasteiger partial charge on any atom is -0.384 e. The number of carbonyl (C=O) groups excluding carboxylic acids is 2. The van der Waals surface area contributed by atoms with Crippen molar-refractivity contribution < 1.29 is 9.59 Å². The molecule has 0 aromatic carbocycles. The normalized spacial score (nSPS) is 17.0. The van der Waals surface area contributed by atoms with Gasteiger partial charge in [-0.15, -0.1) is 0 Å². The molecule has 2 rings (SSSR count). The van der Waals surface area contributed by atoms with Gasteiger partial charge in [0.15, 0.2) is 0 Å². The molecule has 1 fully saturated rings. The van der Waals surface area contributed by atoms with E-state index in [1.54, 1.807) is 12.3 Å². The molecule has 1 aromatic rings. The van der Waals surface area contributed by atoms with Crippen LogP contribution >= 0.6 is 0 Å². The maximum atomic E-state index is 12.9. The summed E-state index contributed by atoms with van der Waals surface area (Å²) in [7, 11) is 1.94. The Morgan fingerprint density at radius 1 is 1.24 bits per heavy atom. The Morgan fingerprint density at radius 3 is 2.59 bits per heavy atom. The van der Waals surface area contributed by atoms with E-state index in [0.717, 1.165) is 31.4 Å². The van der Waals surface area contributed by atoms with Crippen molar-refractivity contribution in [2.75, 3.05) is 19.3 Å². The zero-order chi connectivity index (χ0) is 21.2. The van der Waals surface area contributed by atoms with Crippen LogP contribution in [0.15, 0.2) is 18.3 Å². The molecule has 0 bridgehead atoms. The number of likely N-dealkylation sites (N-methyl/N-ethyl adjacent to an activating group) is 1. The molecule has 0 saturated heterocycles. The van der Waals surface area contributed by atoms with Crippen molar-refractivity contribution >= 4 is 17.6 Å². The summed E-state index contributed by atoms with van der Waals surface area (Å²) in [5, 5.41) is 5.98. The highest BCUT2D eigenvalue weighted by atomic mass is 16.2. The fraction of sp³-hybridized carbons (Fsp3) is 0.682. The summed E-state index contributed by atoms with van der Waals surface area (Å²) >= 11 is 0. The molecule has 0 aliphatic heterocycles. The molecule has 0 radical (unpaired) electrons. The standard InChI is InChI=1S/C22H37N5O2/c1-4-12-27(3)16(2)21(28)26-19(13-17-8-6-5-7-9-17)22(29)25-15-18-10-11-20(23)24-14-18/h10-11,14,16-17,19H,4-9,12-13,15H2,1-3H3,(H2,23,24)(H,25,29)(H,26,28)/t16?,19-/m0/s1. The number of rotatable bonds is 10. The van der Waals surface area contributed by atoms with Crippen molar-refractivity contribution in [1.29, 1.82) is 0 Å². The molecule has 1 unspecified atom stereocenters. The zero-order valence-corrected chi connectivity index (χ0v) is 18.1. The maximum absolute atomic E-state index is 12.9. The minimum atomic E-state index is -0.509. The first-order valence-electron chi connectivity index (χ1n) is 10.9. The van der Waals surface area contributed by atoms with Gasteiger partial charge in [-0.25, -0.2) is 4.98 Å². The van der Waals surface area contributed by atoms with Crippen LogP contribution < -0.4 is 16.4 Å². The van der Waals surface area contributed by atoms with Gasteiger partial charge in [0.05, 0.1) is 6.04 Å². The van der Waals surface area contributed by atoms with Crippen molar-refractivity contribution in [3.05, 3.63) is 23.9 Å². The van der Waals surface area contributed by atoms with Crippen molar-refractivity contribution in [2.24, 2.45) is 5.92 Å². The van der Waals surface area contributed by atoms with Crippen LogP contribution in [-0.4, -0.2) is 47.4 Å². The summed E-state index contributed by atoms with van der Waals surface area (Å²) in [6.45, 7) is 5.19. The third-order valence-electron chi connectivity index (χ3n) is 5.86. The molecule has 2 amide bonds. The lowest BCUT2D eigenvalue weighted by atomic mass is 9.84. The molecule has 1 aromatic heterocycles. The van der Waals surface area contributed by atoms with Gasteiger partial charge in [-0.2, -0.15) is 0 Å². The molecule has 0 spiro atoms. The second kappa shape index (κ2) is 11.8. The SMILES string of the molecule is CCCN(C)C(C)C(=O)N[C@@H](CC1CCCCC1)C(=O)NCc1ccc(N)nc1. The highest BCUT2D eigenvalue weighted by molar-refractivity contribution is 5.89. The van der Waals surface area contributed by atoms with Crippen LogP contribution in [0.2, 0.25) is 0 Å². The number of aromatic nitrogens is 1. The molecular weight excluding hydrogens is 366 g/mol. The fourth-order valence-electron chi connectivity index (χ4n) is 3.88. The zero-order valence-electron chi connectivity index (χ0n) is 18.1. The van der Waals surface area contributed by atoms with Crippen LogP contribution in [0.3, 0.4) is 0 Å². The number of amides is 2. The van der Waals surface area contributed by atoms with Crippen molar-refractivity contribution in [2.45, 2.75) is 77.4 Å². The van der Waals surface area contributed by atoms with Gasteiger partial charge < -0.3 is 16.4 Å². The van der Waals surface area contributed by atoms with Crippen molar-refractivity contribution in [3.8, 4) is 0 Å². The van der Waals surface area contributed by atoms with Crippen LogP contribution in [0.5, 0.6) is 0 Å². The molecule has 2 atom stereocenters. The number of nitrogens with one attached hydrogen (secondary N) is 2. The average Bonchev–Trinajstić information content (AvgIpc) is 2.73. The predicted molar refractivity (Wildman–Crippen MR) is 116 cm³/mol. The third-order valence-corrected chi connectivity index (χ3v) is 5.86. The summed E-state index contributed by atoms with van der Waals surface area (Å²) in [6.07, 6.45) is 9.28. The van der Waals surface area contributed by atoms with Crippen LogP contribution in [-0.2, 0) is 16.1 Å². The highest BCUT2D eigenvalue weighted by Crippen LogP contribution is 2.27. The molecule has 1 heterocycles. The number of pyridine rings is 1. The van der Waals surface area contributed by atoms with Crippen molar-refractivity contribution in [1.82, 2.24) is 20.5 Å². The van der Waals surface area contributed by atoms with Gasteiger partial charge in [-0.05, 0) is 50.9 Å². The topological polar surface area (TPSA) is 100 Å². The maximum Gasteiger partial charge on any atom is 0.242 e. The summed E-state index contributed by atoms with van der Waals surface area (Å²) in [4.78, 5) is 31.8. The molecule has 7 heteroatoms. The Kier molecular flexibility index (Phi) is 9.38. The quantitative estimate of drug-likeness (QED) is 0.557. The van der Waals surface area contributed by atoms with Gasteiger partial charge >= 0.3 is 0 Å². The van der Waals surface area contributed by atoms with Gasteiger partial charge in [-0.1, -0.05) is 45.1 Å². The molecular formula is C22H37N5O2. The number of nitrogen functional groups attached to an aromatic ring is 1. The van der Waals surface area contributed by atoms with E-state index in [4.69, 9.17) is 5.73 Å². The van der Waals surface area contributed by atoms with Gasteiger partial charge in [0.25, 0.3) is 0 Å². The Bertz CT molecular complexity index is 643. The van der Waals surface area contributed by atoms with E-state index in [9.17, 15) is 9.59 Å². The van der Waals surface area contributed by atoms with Crippen LogP contribution in [0.1, 0.15) is 64.4 Å². The van der Waals surface area contributed by atoms with Crippen LogP contribution in [0.4, 0.5) is 5.82 Å². The number of anilines is 1. The first-order valence-corrected chi connectivity index (χ1v) is 10.9. The van der Waals surface area contributed by atoms with Gasteiger partial charge in [0.2, 0.25) is 11.8 Å². The van der Waals surface area contributed by atoms with Crippen molar-refractivity contribution in [3.63, 3.8) is 0 Å². The van der Waals surface area contributed by atoms with E-state index >= 15 is 0 Å². The summed E-state index contributed by atoms with van der Waals surface area (Å²) in [6, 6.07) is 2.79. The molecule has 7 nitrogen and oxygen atoms in total. The summed E-state index contributed by atoms with van der Waals surface area (Å²) in [5.74, 6) is 0.714. The largest absolute Gasteiger partial charge is 0.384 e. The molecule has 4 N–H and O–H groups in total. The lowest BCUT2D eigenvalue weighted by molar-refractivity contribution is -0.132. The van der Waals surface area contributed by atoms with E-state index in [1.165, 1.54) is 19.3 Å². The molecule has 1 aliphatic carbocycles. The molecule has 1 aliphatic rings. The first kappa shape index (κ1) is 23.1. The Labute approximate surface area is 174 Å². The lowest BCUT2D eigenvalue weighted by Crippen LogP contribution is -2.52. The second-order valence-corrected chi connectivity index (χ2v) is 8.27. The molecule has 1 saturated carbocycles. The number of hydrogen-bond acceptors (Lipinski definition) is 5. The van der Waals surface area contributed by atoms with E-state index in [-0.39, 0.29) is 17.9 Å². The summed E-state index contributed by atoms with van der Waals surface area (Å²) < 4.78 is 0. The summed E-state index contributed by atoms with van der Waals surface area (Å²) in [5.41, 5.74) is 6.49. The number of carbonyl (C=O) groups is 2. The van der Waals surface area contributed by atoms with E-state index in [0.29, 0.717) is 24.7 Å². The number of nitrogens with zero attached hydrogens (tertiary/aromatic N) is 2. The smallest absolute Gasteiger partial charge is 0.242 e. The molecule has 29 heavy (non-hydrogen) atoms. The lowest BCUT2D eigenvalue weighted by Gasteiger charge is -2.29.